The van der Waals surface area contributed by atoms with Crippen molar-refractivity contribution in [1.29, 1.82) is 5.26 Å². The predicted octanol–water partition coefficient (Wildman–Crippen LogP) is 4.15. The highest BCUT2D eigenvalue weighted by Crippen LogP contribution is 2.35. The van der Waals surface area contributed by atoms with E-state index in [4.69, 9.17) is 11.6 Å². The number of hydrogen-bond donors (Lipinski definition) is 0. The van der Waals surface area contributed by atoms with Crippen LogP contribution in [0.4, 0.5) is 0 Å². The second-order valence-corrected chi connectivity index (χ2v) is 6.02. The quantitative estimate of drug-likeness (QED) is 0.837. The van der Waals surface area contributed by atoms with Crippen molar-refractivity contribution < 1.29 is 0 Å². The molecule has 5 heteroatoms. The van der Waals surface area contributed by atoms with Crippen molar-refractivity contribution in [2.45, 2.75) is 44.9 Å². The molecule has 2 aromatic rings. The van der Waals surface area contributed by atoms with Crippen molar-refractivity contribution in [3.8, 4) is 11.8 Å². The molecule has 0 unspecified atom stereocenters. The molecule has 0 radical (unpaired) electrons. The Morgan fingerprint density at radius 2 is 2.05 bits per heavy atom. The van der Waals surface area contributed by atoms with Crippen LogP contribution < -0.4 is 0 Å². The van der Waals surface area contributed by atoms with Gasteiger partial charge < -0.3 is 0 Å². The fraction of sp³-hybridized carbons (Fsp3) is 0.438. The van der Waals surface area contributed by atoms with Crippen molar-refractivity contribution >= 4 is 11.6 Å². The summed E-state index contributed by atoms with van der Waals surface area (Å²) in [5.41, 5.74) is 3.29. The lowest BCUT2D eigenvalue weighted by atomic mass is 9.86. The van der Waals surface area contributed by atoms with Gasteiger partial charge in [0.1, 0.15) is 6.07 Å². The summed E-state index contributed by atoms with van der Waals surface area (Å²) >= 11 is 6.22. The van der Waals surface area contributed by atoms with E-state index in [-0.39, 0.29) is 0 Å². The fourth-order valence-corrected chi connectivity index (χ4v) is 3.19. The summed E-state index contributed by atoms with van der Waals surface area (Å²) in [6.07, 6.45) is 5.88. The average Bonchev–Trinajstić information content (AvgIpc) is 2.95. The Labute approximate surface area is 129 Å². The Hall–Kier alpha value is -1.86. The van der Waals surface area contributed by atoms with Crippen LogP contribution in [0, 0.1) is 18.3 Å². The molecule has 0 aliphatic heterocycles. The van der Waals surface area contributed by atoms with E-state index < -0.39 is 0 Å². The number of nitriles is 1. The van der Waals surface area contributed by atoms with E-state index >= 15 is 0 Å². The smallest absolute Gasteiger partial charge is 0.186 e. The zero-order valence-corrected chi connectivity index (χ0v) is 12.8. The standard InChI is InChI=1S/C16H17ClN4/c1-11-7-8-13(9-14(11)17)21-16(15(10-18)19-20-21)12-5-3-2-4-6-12/h7-9,12H,2-6H2,1H3. The topological polar surface area (TPSA) is 54.5 Å². The molecule has 1 heterocycles. The summed E-state index contributed by atoms with van der Waals surface area (Å²) in [6, 6.07) is 8.01. The lowest BCUT2D eigenvalue weighted by Crippen LogP contribution is -2.12. The van der Waals surface area contributed by atoms with Gasteiger partial charge in [0.15, 0.2) is 5.69 Å². The minimum atomic E-state index is 0.364. The summed E-state index contributed by atoms with van der Waals surface area (Å²) in [5, 5.41) is 18.3. The van der Waals surface area contributed by atoms with Crippen molar-refractivity contribution in [1.82, 2.24) is 15.0 Å². The molecule has 1 aromatic carbocycles. The molecule has 3 rings (SSSR count). The summed E-state index contributed by atoms with van der Waals surface area (Å²) in [5.74, 6) is 0.364. The first-order valence-electron chi connectivity index (χ1n) is 7.33. The van der Waals surface area contributed by atoms with Crippen LogP contribution in [0.15, 0.2) is 18.2 Å². The summed E-state index contributed by atoms with van der Waals surface area (Å²) in [7, 11) is 0. The molecule has 0 bridgehead atoms. The second-order valence-electron chi connectivity index (χ2n) is 5.62. The van der Waals surface area contributed by atoms with Crippen LogP contribution in [0.5, 0.6) is 0 Å². The Morgan fingerprint density at radius 3 is 2.71 bits per heavy atom. The first-order valence-corrected chi connectivity index (χ1v) is 7.70. The van der Waals surface area contributed by atoms with Gasteiger partial charge in [-0.15, -0.1) is 5.10 Å². The number of rotatable bonds is 2. The molecule has 1 fully saturated rings. The SMILES string of the molecule is Cc1ccc(-n2nnc(C#N)c2C2CCCCC2)cc1Cl. The number of hydrogen-bond acceptors (Lipinski definition) is 3. The highest BCUT2D eigenvalue weighted by Gasteiger charge is 2.25. The van der Waals surface area contributed by atoms with Gasteiger partial charge in [0.05, 0.1) is 11.4 Å². The molecule has 0 saturated heterocycles. The monoisotopic (exact) mass is 300 g/mol. The Kier molecular flexibility index (Phi) is 3.94. The number of aromatic nitrogens is 3. The van der Waals surface area contributed by atoms with Crippen LogP contribution in [0.2, 0.25) is 5.02 Å². The van der Waals surface area contributed by atoms with Gasteiger partial charge in [-0.2, -0.15) is 5.26 Å². The van der Waals surface area contributed by atoms with Crippen LogP contribution in [0.25, 0.3) is 5.69 Å². The maximum atomic E-state index is 9.32. The highest BCUT2D eigenvalue weighted by atomic mass is 35.5. The molecule has 0 spiro atoms. The van der Waals surface area contributed by atoms with Gasteiger partial charge >= 0.3 is 0 Å². The third-order valence-electron chi connectivity index (χ3n) is 4.20. The Bertz CT molecular complexity index is 693. The normalized spacial score (nSPS) is 15.9. The minimum Gasteiger partial charge on any atom is -0.216 e. The third-order valence-corrected chi connectivity index (χ3v) is 4.61. The van der Waals surface area contributed by atoms with E-state index in [1.165, 1.54) is 19.3 Å². The molecule has 1 saturated carbocycles. The molecule has 108 valence electrons. The van der Waals surface area contributed by atoms with Gasteiger partial charge in [0.25, 0.3) is 0 Å². The average molecular weight is 301 g/mol. The zero-order chi connectivity index (χ0) is 14.8. The molecular weight excluding hydrogens is 284 g/mol. The van der Waals surface area contributed by atoms with E-state index in [1.807, 2.05) is 25.1 Å². The lowest BCUT2D eigenvalue weighted by molar-refractivity contribution is 0.429. The lowest BCUT2D eigenvalue weighted by Gasteiger charge is -2.22. The minimum absolute atomic E-state index is 0.364. The molecule has 4 nitrogen and oxygen atoms in total. The van der Waals surface area contributed by atoms with Gasteiger partial charge in [-0.1, -0.05) is 42.1 Å². The van der Waals surface area contributed by atoms with Crippen LogP contribution in [-0.4, -0.2) is 15.0 Å². The summed E-state index contributed by atoms with van der Waals surface area (Å²) < 4.78 is 1.79. The number of nitrogens with zero attached hydrogens (tertiary/aromatic N) is 4. The van der Waals surface area contributed by atoms with Crippen molar-refractivity contribution in [2.75, 3.05) is 0 Å². The molecular formula is C16H17ClN4. The molecule has 21 heavy (non-hydrogen) atoms. The van der Waals surface area contributed by atoms with E-state index in [0.717, 1.165) is 29.8 Å². The summed E-state index contributed by atoms with van der Waals surface area (Å²) in [4.78, 5) is 0. The van der Waals surface area contributed by atoms with Gasteiger partial charge in [0, 0.05) is 10.9 Å². The highest BCUT2D eigenvalue weighted by molar-refractivity contribution is 6.31. The maximum Gasteiger partial charge on any atom is 0.186 e. The summed E-state index contributed by atoms with van der Waals surface area (Å²) in [6.45, 7) is 1.97. The van der Waals surface area contributed by atoms with Crippen molar-refractivity contribution in [2.24, 2.45) is 0 Å². The Morgan fingerprint density at radius 1 is 1.29 bits per heavy atom. The van der Waals surface area contributed by atoms with Gasteiger partial charge in [-0.25, -0.2) is 4.68 Å². The van der Waals surface area contributed by atoms with Gasteiger partial charge in [-0.05, 0) is 37.5 Å². The number of aryl methyl sites for hydroxylation is 1. The number of halogens is 1. The van der Waals surface area contributed by atoms with Gasteiger partial charge in [0.2, 0.25) is 0 Å². The van der Waals surface area contributed by atoms with Crippen LogP contribution >= 0.6 is 11.6 Å². The van der Waals surface area contributed by atoms with E-state index in [0.29, 0.717) is 16.6 Å². The van der Waals surface area contributed by atoms with E-state index in [9.17, 15) is 5.26 Å². The fourth-order valence-electron chi connectivity index (χ4n) is 3.02. The number of benzene rings is 1. The third kappa shape index (κ3) is 2.66. The molecule has 0 N–H and O–H groups in total. The van der Waals surface area contributed by atoms with Crippen molar-refractivity contribution in [3.63, 3.8) is 0 Å². The zero-order valence-electron chi connectivity index (χ0n) is 12.0. The molecule has 1 aliphatic rings. The van der Waals surface area contributed by atoms with E-state index in [1.54, 1.807) is 4.68 Å². The van der Waals surface area contributed by atoms with E-state index in [2.05, 4.69) is 16.4 Å². The van der Waals surface area contributed by atoms with Crippen LogP contribution in [0.1, 0.15) is 55.0 Å². The van der Waals surface area contributed by atoms with Crippen LogP contribution in [-0.2, 0) is 0 Å². The van der Waals surface area contributed by atoms with Crippen LogP contribution in [0.3, 0.4) is 0 Å². The second kappa shape index (κ2) is 5.87. The predicted molar refractivity (Wildman–Crippen MR) is 81.6 cm³/mol. The molecule has 1 aromatic heterocycles. The first-order chi connectivity index (χ1) is 10.2. The molecule has 0 amide bonds. The largest absolute Gasteiger partial charge is 0.216 e. The molecule has 0 atom stereocenters. The van der Waals surface area contributed by atoms with Gasteiger partial charge in [-0.3, -0.25) is 0 Å². The Balaban J connectivity index is 2.08. The first kappa shape index (κ1) is 14.1. The van der Waals surface area contributed by atoms with Crippen molar-refractivity contribution in [3.05, 3.63) is 40.2 Å². The molecule has 1 aliphatic carbocycles. The maximum absolute atomic E-state index is 9.32.